The van der Waals surface area contributed by atoms with Crippen LogP contribution in [0.4, 0.5) is 0 Å². The molecule has 152 valence electrons. The van der Waals surface area contributed by atoms with Crippen LogP contribution in [-0.2, 0) is 14.2 Å². The molecule has 30 heavy (non-hydrogen) atoms. The molecular formula is C23H18O7. The van der Waals surface area contributed by atoms with E-state index in [1.807, 2.05) is 0 Å². The van der Waals surface area contributed by atoms with Gasteiger partial charge in [0.25, 0.3) is 0 Å². The summed E-state index contributed by atoms with van der Waals surface area (Å²) in [6.45, 7) is 0. The van der Waals surface area contributed by atoms with Gasteiger partial charge in [-0.3, -0.25) is 19.2 Å². The number of ether oxygens (including phenoxy) is 3. The number of benzene rings is 2. The fourth-order valence-corrected chi connectivity index (χ4v) is 3.14. The Morgan fingerprint density at radius 1 is 0.533 bits per heavy atom. The van der Waals surface area contributed by atoms with Crippen LogP contribution in [0.1, 0.15) is 41.4 Å². The van der Waals surface area contributed by atoms with Crippen LogP contribution >= 0.6 is 0 Å². The number of methoxy groups -OCH3 is 3. The Hall–Kier alpha value is -4.00. The number of Topliss-reactive ketones (excluding diaryl/α,β-unsaturated/α-hetero) is 3. The minimum atomic E-state index is -0.324. The number of hydrogen-bond donors (Lipinski definition) is 0. The Morgan fingerprint density at radius 3 is 1.33 bits per heavy atom. The van der Waals surface area contributed by atoms with Gasteiger partial charge in [-0.05, 0) is 0 Å². The largest absolute Gasteiger partial charge is 0.492 e. The van der Waals surface area contributed by atoms with Gasteiger partial charge in [0.1, 0.15) is 0 Å². The number of hydrogen-bond acceptors (Lipinski definition) is 7. The van der Waals surface area contributed by atoms with Crippen molar-refractivity contribution in [1.82, 2.24) is 0 Å². The van der Waals surface area contributed by atoms with Crippen LogP contribution in [0.25, 0.3) is 0 Å². The summed E-state index contributed by atoms with van der Waals surface area (Å²) in [4.78, 5) is 47.0. The van der Waals surface area contributed by atoms with Gasteiger partial charge in [0.15, 0.2) is 11.5 Å². The molecule has 2 aliphatic rings. The first-order chi connectivity index (χ1) is 14.4. The maximum atomic E-state index is 11.9. The zero-order valence-electron chi connectivity index (χ0n) is 16.6. The van der Waals surface area contributed by atoms with E-state index in [1.165, 1.54) is 27.4 Å². The molecule has 0 aliphatic heterocycles. The van der Waals surface area contributed by atoms with Crippen molar-refractivity contribution >= 4 is 23.1 Å². The molecule has 0 N–H and O–H groups in total. The second-order valence-corrected chi connectivity index (χ2v) is 6.22. The van der Waals surface area contributed by atoms with Crippen LogP contribution in [-0.4, -0.2) is 44.5 Å². The predicted molar refractivity (Wildman–Crippen MR) is 106 cm³/mol. The van der Waals surface area contributed by atoms with Crippen molar-refractivity contribution in [3.8, 4) is 0 Å². The van der Waals surface area contributed by atoms with Crippen molar-refractivity contribution in [3.63, 3.8) is 0 Å². The fourth-order valence-electron chi connectivity index (χ4n) is 3.14. The normalized spacial score (nSPS) is 14.8. The Kier molecular flexibility index (Phi) is 5.92. The quantitative estimate of drug-likeness (QED) is 0.772. The smallest absolute Gasteiger partial charge is 0.232 e. The first-order valence-electron chi connectivity index (χ1n) is 8.89. The lowest BCUT2D eigenvalue weighted by Crippen LogP contribution is -2.23. The molecule has 2 aromatic carbocycles. The van der Waals surface area contributed by atoms with Gasteiger partial charge in [0.2, 0.25) is 28.9 Å². The molecule has 0 bridgehead atoms. The highest BCUT2D eigenvalue weighted by molar-refractivity contribution is 6.25. The molecule has 0 unspecified atom stereocenters. The maximum absolute atomic E-state index is 11.9. The minimum absolute atomic E-state index is 0.0359. The van der Waals surface area contributed by atoms with E-state index < -0.39 is 0 Å². The summed E-state index contributed by atoms with van der Waals surface area (Å²) in [6.07, 6.45) is 1.23. The SMILES string of the molecule is COC1=C(OC)C(=O)c2ccccc2C1=O.COC1=CC(=O)c2ccccc2C1=O. The van der Waals surface area contributed by atoms with E-state index in [4.69, 9.17) is 14.2 Å². The summed E-state index contributed by atoms with van der Waals surface area (Å²) >= 11 is 0. The van der Waals surface area contributed by atoms with Crippen molar-refractivity contribution in [1.29, 1.82) is 0 Å². The van der Waals surface area contributed by atoms with E-state index in [9.17, 15) is 19.2 Å². The number of fused-ring (bicyclic) bond motifs is 2. The van der Waals surface area contributed by atoms with E-state index in [-0.39, 0.29) is 40.4 Å². The highest BCUT2D eigenvalue weighted by Gasteiger charge is 2.33. The second-order valence-electron chi connectivity index (χ2n) is 6.22. The molecule has 0 fully saturated rings. The van der Waals surface area contributed by atoms with Gasteiger partial charge in [-0.15, -0.1) is 0 Å². The Morgan fingerprint density at radius 2 is 0.933 bits per heavy atom. The third-order valence-electron chi connectivity index (χ3n) is 4.59. The fraction of sp³-hybridized carbons (Fsp3) is 0.130. The van der Waals surface area contributed by atoms with Gasteiger partial charge >= 0.3 is 0 Å². The van der Waals surface area contributed by atoms with Crippen molar-refractivity contribution in [3.05, 3.63) is 94.1 Å². The van der Waals surface area contributed by atoms with Crippen molar-refractivity contribution in [2.75, 3.05) is 21.3 Å². The van der Waals surface area contributed by atoms with Crippen LogP contribution < -0.4 is 0 Å². The first kappa shape index (κ1) is 20.7. The van der Waals surface area contributed by atoms with Crippen LogP contribution in [0.15, 0.2) is 71.9 Å². The van der Waals surface area contributed by atoms with E-state index in [0.29, 0.717) is 22.3 Å². The number of carbonyl (C=O) groups is 4. The summed E-state index contributed by atoms with van der Waals surface area (Å²) in [7, 11) is 4.06. The van der Waals surface area contributed by atoms with Gasteiger partial charge in [0.05, 0.1) is 21.3 Å². The summed E-state index contributed by atoms with van der Waals surface area (Å²) in [5.41, 5.74) is 1.56. The maximum Gasteiger partial charge on any atom is 0.232 e. The van der Waals surface area contributed by atoms with Crippen LogP contribution in [0, 0.1) is 0 Å². The van der Waals surface area contributed by atoms with Gasteiger partial charge in [0, 0.05) is 28.3 Å². The third-order valence-corrected chi connectivity index (χ3v) is 4.59. The second kappa shape index (κ2) is 8.57. The molecule has 0 saturated carbocycles. The molecule has 2 aliphatic carbocycles. The van der Waals surface area contributed by atoms with Gasteiger partial charge in [-0.1, -0.05) is 48.5 Å². The van der Waals surface area contributed by atoms with Gasteiger partial charge in [-0.2, -0.15) is 0 Å². The highest BCUT2D eigenvalue weighted by atomic mass is 16.5. The van der Waals surface area contributed by atoms with Crippen molar-refractivity contribution in [2.45, 2.75) is 0 Å². The molecule has 2 aromatic rings. The molecular weight excluding hydrogens is 388 g/mol. The summed E-state index contributed by atoms with van der Waals surface area (Å²) in [6, 6.07) is 13.3. The lowest BCUT2D eigenvalue weighted by molar-refractivity contribution is 0.0829. The van der Waals surface area contributed by atoms with E-state index >= 15 is 0 Å². The van der Waals surface area contributed by atoms with Crippen LogP contribution in [0.5, 0.6) is 0 Å². The van der Waals surface area contributed by atoms with Crippen LogP contribution in [0.2, 0.25) is 0 Å². The molecule has 0 saturated heterocycles. The summed E-state index contributed by atoms with van der Waals surface area (Å²) in [5.74, 6) is -1.03. The van der Waals surface area contributed by atoms with Crippen molar-refractivity contribution < 1.29 is 33.4 Å². The van der Waals surface area contributed by atoms with Crippen LogP contribution in [0.3, 0.4) is 0 Å². The molecule has 7 heteroatoms. The Bertz CT molecular complexity index is 1080. The summed E-state index contributed by atoms with van der Waals surface area (Å²) < 4.78 is 14.7. The first-order valence-corrected chi connectivity index (χ1v) is 8.89. The molecule has 0 atom stereocenters. The zero-order valence-corrected chi connectivity index (χ0v) is 16.6. The predicted octanol–water partition coefficient (Wildman–Crippen LogP) is 3.17. The number of ketones is 4. The standard InChI is InChI=1S/C12H10O4.C11H8O3/c1-15-11-9(13)7-5-3-4-6-8(7)10(14)12(11)16-2;1-14-10-6-9(12)7-4-2-3-5-8(7)11(10)13/h3-6H,1-2H3;2-6H,1H3. The number of carbonyl (C=O) groups excluding carboxylic acids is 4. The summed E-state index contributed by atoms with van der Waals surface area (Å²) in [5, 5.41) is 0. The monoisotopic (exact) mass is 406 g/mol. The highest BCUT2D eigenvalue weighted by Crippen LogP contribution is 2.26. The molecule has 0 radical (unpaired) electrons. The van der Waals surface area contributed by atoms with E-state index in [0.717, 1.165) is 0 Å². The number of rotatable bonds is 3. The average molecular weight is 406 g/mol. The minimum Gasteiger partial charge on any atom is -0.492 e. The molecule has 0 spiro atoms. The lowest BCUT2D eigenvalue weighted by Gasteiger charge is -2.18. The average Bonchev–Trinajstić information content (AvgIpc) is 2.79. The third kappa shape index (κ3) is 3.53. The molecule has 4 rings (SSSR count). The topological polar surface area (TPSA) is 96.0 Å². The number of allylic oxidation sites excluding steroid dienone is 4. The molecule has 7 nitrogen and oxygen atoms in total. The molecule has 0 heterocycles. The lowest BCUT2D eigenvalue weighted by atomic mass is 9.92. The Balaban J connectivity index is 0.000000172. The van der Waals surface area contributed by atoms with Gasteiger partial charge in [-0.25, -0.2) is 0 Å². The molecule has 0 amide bonds. The van der Waals surface area contributed by atoms with Crippen molar-refractivity contribution in [2.24, 2.45) is 0 Å². The zero-order chi connectivity index (χ0) is 21.8. The van der Waals surface area contributed by atoms with Gasteiger partial charge < -0.3 is 14.2 Å². The Labute approximate surface area is 172 Å². The van der Waals surface area contributed by atoms with E-state index in [2.05, 4.69) is 0 Å². The molecule has 0 aromatic heterocycles. The van der Waals surface area contributed by atoms with E-state index in [1.54, 1.807) is 48.5 Å².